The van der Waals surface area contributed by atoms with Crippen LogP contribution in [0.1, 0.15) is 28.8 Å². The summed E-state index contributed by atoms with van der Waals surface area (Å²) in [6.45, 7) is 0.126. The molecule has 2 saturated heterocycles. The number of carbonyl (C=O) groups is 1. The Morgan fingerprint density at radius 3 is 2.58 bits per heavy atom. The largest absolute Gasteiger partial charge is 0.478 e. The normalized spacial score (nSPS) is 32.7. The van der Waals surface area contributed by atoms with Gasteiger partial charge in [-0.25, -0.2) is 4.79 Å². The fraction of sp³-hybridized carbons (Fsp3) is 0.533. The van der Waals surface area contributed by atoms with Crippen LogP contribution in [0.4, 0.5) is 0 Å². The van der Waals surface area contributed by atoms with Crippen LogP contribution in [-0.4, -0.2) is 35.0 Å². The molecule has 0 radical (unpaired) electrons. The van der Waals surface area contributed by atoms with E-state index in [1.807, 2.05) is 12.1 Å². The number of aliphatic hydroxyl groups is 1. The van der Waals surface area contributed by atoms with E-state index in [0.717, 1.165) is 18.4 Å². The summed E-state index contributed by atoms with van der Waals surface area (Å²) in [4.78, 5) is 11.2. The van der Waals surface area contributed by atoms with Gasteiger partial charge in [-0.15, -0.1) is 0 Å². The number of carboxylic acid groups (broad SMARTS) is 1. The van der Waals surface area contributed by atoms with Gasteiger partial charge in [0.2, 0.25) is 0 Å². The van der Waals surface area contributed by atoms with Gasteiger partial charge in [0.15, 0.2) is 0 Å². The summed E-state index contributed by atoms with van der Waals surface area (Å²) < 4.78 is 5.85. The summed E-state index contributed by atoms with van der Waals surface area (Å²) in [5, 5.41) is 18.7. The average molecular weight is 262 g/mol. The Kier molecular flexibility index (Phi) is 3.29. The van der Waals surface area contributed by atoms with Crippen molar-refractivity contribution in [1.82, 2.24) is 0 Å². The lowest BCUT2D eigenvalue weighted by Crippen LogP contribution is -2.31. The molecule has 102 valence electrons. The van der Waals surface area contributed by atoms with E-state index in [4.69, 9.17) is 4.74 Å². The Labute approximate surface area is 112 Å². The minimum Gasteiger partial charge on any atom is -0.478 e. The second-order valence-corrected chi connectivity index (χ2v) is 5.47. The lowest BCUT2D eigenvalue weighted by Gasteiger charge is -2.26. The Morgan fingerprint density at radius 2 is 1.89 bits per heavy atom. The van der Waals surface area contributed by atoms with Crippen molar-refractivity contribution in [2.24, 2.45) is 11.8 Å². The fourth-order valence-corrected chi connectivity index (χ4v) is 3.57. The molecule has 2 bridgehead atoms. The number of carboxylic acids is 1. The number of ether oxygens (including phenoxy) is 1. The molecule has 1 aromatic carbocycles. The Hall–Kier alpha value is -1.39. The van der Waals surface area contributed by atoms with Crippen LogP contribution in [0.25, 0.3) is 0 Å². The quantitative estimate of drug-likeness (QED) is 0.867. The van der Waals surface area contributed by atoms with Gasteiger partial charge in [-0.3, -0.25) is 0 Å². The van der Waals surface area contributed by atoms with Gasteiger partial charge in [0.1, 0.15) is 0 Å². The Bertz CT molecular complexity index is 485. The Balaban J connectivity index is 1.83. The van der Waals surface area contributed by atoms with E-state index in [0.29, 0.717) is 12.0 Å². The minimum absolute atomic E-state index is 0.126. The summed E-state index contributed by atoms with van der Waals surface area (Å²) in [6.07, 6.45) is 3.07. The molecule has 2 N–H and O–H groups in total. The summed E-state index contributed by atoms with van der Waals surface area (Å²) in [7, 11) is 0. The lowest BCUT2D eigenvalue weighted by atomic mass is 9.76. The van der Waals surface area contributed by atoms with Crippen molar-refractivity contribution < 1.29 is 19.7 Å². The highest BCUT2D eigenvalue weighted by molar-refractivity contribution is 5.89. The highest BCUT2D eigenvalue weighted by atomic mass is 16.5. The van der Waals surface area contributed by atoms with Crippen molar-refractivity contribution in [3.05, 3.63) is 35.4 Å². The van der Waals surface area contributed by atoms with Gasteiger partial charge in [-0.05, 0) is 36.8 Å². The van der Waals surface area contributed by atoms with E-state index in [2.05, 4.69) is 0 Å². The third-order valence-corrected chi connectivity index (χ3v) is 4.50. The number of aliphatic hydroxyl groups excluding tert-OH is 1. The van der Waals surface area contributed by atoms with Crippen LogP contribution in [-0.2, 0) is 11.2 Å². The molecular weight excluding hydrogens is 244 g/mol. The molecule has 19 heavy (non-hydrogen) atoms. The summed E-state index contributed by atoms with van der Waals surface area (Å²) in [5.41, 5.74) is 1.21. The van der Waals surface area contributed by atoms with Crippen LogP contribution in [0.5, 0.6) is 0 Å². The SMILES string of the molecule is O=C(O)c1ccccc1CC1C2CCC(O2)C1CO. The lowest BCUT2D eigenvalue weighted by molar-refractivity contribution is 0.0693. The van der Waals surface area contributed by atoms with Crippen LogP contribution in [0.3, 0.4) is 0 Å². The number of hydrogen-bond donors (Lipinski definition) is 2. The maximum Gasteiger partial charge on any atom is 0.335 e. The zero-order chi connectivity index (χ0) is 13.4. The maximum absolute atomic E-state index is 11.2. The third kappa shape index (κ3) is 2.15. The van der Waals surface area contributed by atoms with Gasteiger partial charge in [0.05, 0.1) is 17.8 Å². The van der Waals surface area contributed by atoms with E-state index in [1.165, 1.54) is 0 Å². The van der Waals surface area contributed by atoms with Gasteiger partial charge < -0.3 is 14.9 Å². The van der Waals surface area contributed by atoms with Crippen LogP contribution < -0.4 is 0 Å². The van der Waals surface area contributed by atoms with Crippen molar-refractivity contribution in [3.8, 4) is 0 Å². The fourth-order valence-electron chi connectivity index (χ4n) is 3.57. The number of hydrogen-bond acceptors (Lipinski definition) is 3. The molecule has 2 fully saturated rings. The smallest absolute Gasteiger partial charge is 0.335 e. The molecule has 0 aliphatic carbocycles. The predicted octanol–water partition coefficient (Wildman–Crippen LogP) is 1.71. The van der Waals surface area contributed by atoms with E-state index >= 15 is 0 Å². The minimum atomic E-state index is -0.889. The van der Waals surface area contributed by atoms with Crippen LogP contribution in [0, 0.1) is 11.8 Å². The van der Waals surface area contributed by atoms with Crippen LogP contribution in [0.15, 0.2) is 24.3 Å². The number of fused-ring (bicyclic) bond motifs is 2. The summed E-state index contributed by atoms with van der Waals surface area (Å²) in [5.74, 6) is -0.495. The first kappa shape index (κ1) is 12.6. The molecule has 2 aliphatic rings. The van der Waals surface area contributed by atoms with Crippen molar-refractivity contribution in [3.63, 3.8) is 0 Å². The molecule has 0 saturated carbocycles. The van der Waals surface area contributed by atoms with Crippen LogP contribution >= 0.6 is 0 Å². The highest BCUT2D eigenvalue weighted by Gasteiger charge is 2.48. The van der Waals surface area contributed by atoms with E-state index in [9.17, 15) is 15.0 Å². The molecular formula is C15H18O4. The first-order valence-corrected chi connectivity index (χ1v) is 6.78. The van der Waals surface area contributed by atoms with E-state index < -0.39 is 5.97 Å². The molecule has 0 amide bonds. The maximum atomic E-state index is 11.2. The van der Waals surface area contributed by atoms with Crippen molar-refractivity contribution in [1.29, 1.82) is 0 Å². The highest BCUT2D eigenvalue weighted by Crippen LogP contribution is 2.44. The zero-order valence-electron chi connectivity index (χ0n) is 10.7. The molecule has 4 nitrogen and oxygen atoms in total. The van der Waals surface area contributed by atoms with Crippen molar-refractivity contribution in [2.75, 3.05) is 6.61 Å². The second kappa shape index (κ2) is 4.94. The molecule has 4 unspecified atom stereocenters. The molecule has 2 aliphatic heterocycles. The monoisotopic (exact) mass is 262 g/mol. The molecule has 3 rings (SSSR count). The first-order chi connectivity index (χ1) is 9.20. The van der Waals surface area contributed by atoms with Gasteiger partial charge in [0, 0.05) is 12.5 Å². The number of benzene rings is 1. The van der Waals surface area contributed by atoms with E-state index in [1.54, 1.807) is 12.1 Å². The number of rotatable bonds is 4. The average Bonchev–Trinajstić information content (AvgIpc) is 3.00. The van der Waals surface area contributed by atoms with Gasteiger partial charge in [-0.2, -0.15) is 0 Å². The third-order valence-electron chi connectivity index (χ3n) is 4.50. The topological polar surface area (TPSA) is 66.8 Å². The van der Waals surface area contributed by atoms with Gasteiger partial charge in [-0.1, -0.05) is 18.2 Å². The predicted molar refractivity (Wildman–Crippen MR) is 69.1 cm³/mol. The second-order valence-electron chi connectivity index (χ2n) is 5.47. The molecule has 4 heteroatoms. The molecule has 0 aromatic heterocycles. The van der Waals surface area contributed by atoms with Gasteiger partial charge >= 0.3 is 5.97 Å². The zero-order valence-corrected chi connectivity index (χ0v) is 10.7. The van der Waals surface area contributed by atoms with Crippen molar-refractivity contribution >= 4 is 5.97 Å². The summed E-state index contributed by atoms with van der Waals surface area (Å²) in [6, 6.07) is 7.11. The molecule has 2 heterocycles. The Morgan fingerprint density at radius 1 is 1.21 bits per heavy atom. The first-order valence-electron chi connectivity index (χ1n) is 6.78. The van der Waals surface area contributed by atoms with Crippen LogP contribution in [0.2, 0.25) is 0 Å². The standard InChI is InChI=1S/C15H18O4/c16-8-12-11(13-5-6-14(12)19-13)7-9-3-1-2-4-10(9)15(17)18/h1-4,11-14,16H,5-8H2,(H,17,18). The van der Waals surface area contributed by atoms with Crippen molar-refractivity contribution in [2.45, 2.75) is 31.5 Å². The summed E-state index contributed by atoms with van der Waals surface area (Å²) >= 11 is 0. The number of aromatic carboxylic acids is 1. The van der Waals surface area contributed by atoms with Gasteiger partial charge in [0.25, 0.3) is 0 Å². The molecule has 4 atom stereocenters. The van der Waals surface area contributed by atoms with E-state index in [-0.39, 0.29) is 30.7 Å². The molecule has 1 aromatic rings. The molecule has 0 spiro atoms.